The number of esters is 1. The number of carbonyl (C=O) groups excluding carboxylic acids is 2. The molecule has 0 saturated carbocycles. The standard InChI is InChI=1S/C19H17NO4S2/c21-17-12-23-16-4-2-1-3-15(16)20(17)11-18(22)24-14-7-5-13(6-8-14)19-25-9-10-26-19/h1-8,19H,9-12H2. The van der Waals surface area contributed by atoms with Crippen LogP contribution in [0.3, 0.4) is 0 Å². The van der Waals surface area contributed by atoms with Crippen LogP contribution in [0.15, 0.2) is 48.5 Å². The van der Waals surface area contributed by atoms with Crippen LogP contribution in [0.4, 0.5) is 5.69 Å². The summed E-state index contributed by atoms with van der Waals surface area (Å²) < 4.78 is 11.3. The fourth-order valence-corrected chi connectivity index (χ4v) is 5.72. The summed E-state index contributed by atoms with van der Waals surface area (Å²) in [4.78, 5) is 25.8. The van der Waals surface area contributed by atoms with Crippen LogP contribution < -0.4 is 14.4 Å². The Labute approximate surface area is 160 Å². The van der Waals surface area contributed by atoms with Gasteiger partial charge in [-0.25, -0.2) is 4.79 Å². The summed E-state index contributed by atoms with van der Waals surface area (Å²) in [6, 6.07) is 14.8. The van der Waals surface area contributed by atoms with Crippen LogP contribution in [0.2, 0.25) is 0 Å². The first-order chi connectivity index (χ1) is 12.7. The second kappa shape index (κ2) is 7.63. The third-order valence-electron chi connectivity index (χ3n) is 4.10. The van der Waals surface area contributed by atoms with Gasteiger partial charge in [0, 0.05) is 11.5 Å². The fraction of sp³-hybridized carbons (Fsp3) is 0.263. The van der Waals surface area contributed by atoms with E-state index in [0.29, 0.717) is 21.8 Å². The maximum atomic E-state index is 12.3. The number of carbonyl (C=O) groups is 2. The first kappa shape index (κ1) is 17.3. The summed E-state index contributed by atoms with van der Waals surface area (Å²) in [5, 5.41) is 0. The number of para-hydroxylation sites is 2. The van der Waals surface area contributed by atoms with Crippen molar-refractivity contribution in [2.24, 2.45) is 0 Å². The summed E-state index contributed by atoms with van der Waals surface area (Å²) in [5.74, 6) is 2.68. The smallest absolute Gasteiger partial charge is 0.331 e. The summed E-state index contributed by atoms with van der Waals surface area (Å²) in [6.45, 7) is -0.217. The van der Waals surface area contributed by atoms with Gasteiger partial charge in [0.25, 0.3) is 5.91 Å². The first-order valence-corrected chi connectivity index (χ1v) is 10.4. The van der Waals surface area contributed by atoms with Gasteiger partial charge in [0.1, 0.15) is 18.0 Å². The van der Waals surface area contributed by atoms with Gasteiger partial charge in [-0.3, -0.25) is 9.69 Å². The third-order valence-corrected chi connectivity index (χ3v) is 7.21. The maximum absolute atomic E-state index is 12.3. The fourth-order valence-electron chi connectivity index (χ4n) is 2.86. The molecule has 0 N–H and O–H groups in total. The molecule has 0 bridgehead atoms. The van der Waals surface area contributed by atoms with Crippen LogP contribution in [0, 0.1) is 0 Å². The van der Waals surface area contributed by atoms with E-state index in [2.05, 4.69) is 0 Å². The second-order valence-electron chi connectivity index (χ2n) is 5.85. The molecule has 0 unspecified atom stereocenters. The van der Waals surface area contributed by atoms with E-state index in [-0.39, 0.29) is 19.1 Å². The van der Waals surface area contributed by atoms with E-state index in [9.17, 15) is 9.59 Å². The molecule has 0 aliphatic carbocycles. The lowest BCUT2D eigenvalue weighted by atomic mass is 10.2. The summed E-state index contributed by atoms with van der Waals surface area (Å²) >= 11 is 3.86. The van der Waals surface area contributed by atoms with Crippen molar-refractivity contribution in [3.8, 4) is 11.5 Å². The molecule has 4 rings (SSSR count). The molecular weight excluding hydrogens is 370 g/mol. The van der Waals surface area contributed by atoms with Gasteiger partial charge in [-0.15, -0.1) is 23.5 Å². The Balaban J connectivity index is 1.42. The summed E-state index contributed by atoms with van der Waals surface area (Å²) in [5.41, 5.74) is 1.82. The highest BCUT2D eigenvalue weighted by Crippen LogP contribution is 2.45. The topological polar surface area (TPSA) is 55.8 Å². The van der Waals surface area contributed by atoms with E-state index in [1.165, 1.54) is 22.0 Å². The Morgan fingerprint density at radius 1 is 1.12 bits per heavy atom. The van der Waals surface area contributed by atoms with Crippen molar-refractivity contribution in [3.63, 3.8) is 0 Å². The Bertz CT molecular complexity index is 819. The van der Waals surface area contributed by atoms with Crippen LogP contribution in [-0.4, -0.2) is 36.5 Å². The minimum absolute atomic E-state index is 0.0737. The highest BCUT2D eigenvalue weighted by Gasteiger charge is 2.27. The number of benzene rings is 2. The van der Waals surface area contributed by atoms with Gasteiger partial charge >= 0.3 is 5.97 Å². The molecule has 0 spiro atoms. The van der Waals surface area contributed by atoms with E-state index < -0.39 is 5.97 Å². The molecule has 2 aromatic carbocycles. The van der Waals surface area contributed by atoms with Crippen molar-refractivity contribution in [1.29, 1.82) is 0 Å². The van der Waals surface area contributed by atoms with Crippen molar-refractivity contribution in [3.05, 3.63) is 54.1 Å². The van der Waals surface area contributed by atoms with Gasteiger partial charge in [-0.2, -0.15) is 0 Å². The molecule has 2 aromatic rings. The summed E-state index contributed by atoms with van der Waals surface area (Å²) in [6.07, 6.45) is 0. The average Bonchev–Trinajstić information content (AvgIpc) is 3.19. The van der Waals surface area contributed by atoms with Crippen LogP contribution in [-0.2, 0) is 9.59 Å². The molecule has 5 nitrogen and oxygen atoms in total. The number of fused-ring (bicyclic) bond motifs is 1. The van der Waals surface area contributed by atoms with Crippen molar-refractivity contribution < 1.29 is 19.1 Å². The minimum atomic E-state index is -0.479. The molecule has 2 heterocycles. The Kier molecular flexibility index (Phi) is 5.08. The molecule has 2 aliphatic heterocycles. The van der Waals surface area contributed by atoms with Crippen LogP contribution in [0.25, 0.3) is 0 Å². The molecular formula is C19H17NO4S2. The molecule has 0 radical (unpaired) electrons. The number of amides is 1. The largest absolute Gasteiger partial charge is 0.482 e. The average molecular weight is 387 g/mol. The Morgan fingerprint density at radius 3 is 2.62 bits per heavy atom. The van der Waals surface area contributed by atoms with Gasteiger partial charge in [-0.05, 0) is 29.8 Å². The normalized spacial score (nSPS) is 16.9. The van der Waals surface area contributed by atoms with E-state index in [0.717, 1.165) is 0 Å². The minimum Gasteiger partial charge on any atom is -0.482 e. The Morgan fingerprint density at radius 2 is 1.85 bits per heavy atom. The number of anilines is 1. The molecule has 0 atom stereocenters. The maximum Gasteiger partial charge on any atom is 0.331 e. The van der Waals surface area contributed by atoms with Gasteiger partial charge in [0.15, 0.2) is 6.61 Å². The van der Waals surface area contributed by atoms with Crippen LogP contribution in [0.5, 0.6) is 11.5 Å². The molecule has 7 heteroatoms. The zero-order chi connectivity index (χ0) is 17.9. The number of hydrogen-bond acceptors (Lipinski definition) is 6. The molecule has 0 aromatic heterocycles. The molecule has 134 valence electrons. The predicted octanol–water partition coefficient (Wildman–Crippen LogP) is 3.50. The Hall–Kier alpha value is -2.12. The van der Waals surface area contributed by atoms with Crippen molar-refractivity contribution >= 4 is 41.1 Å². The number of hydrogen-bond donors (Lipinski definition) is 0. The SMILES string of the molecule is O=C(CN1C(=O)COc2ccccc21)Oc1ccc(C2SCCS2)cc1. The highest BCUT2D eigenvalue weighted by molar-refractivity contribution is 8.19. The molecule has 1 fully saturated rings. The zero-order valence-corrected chi connectivity index (χ0v) is 15.6. The highest BCUT2D eigenvalue weighted by atomic mass is 32.2. The number of rotatable bonds is 4. The number of thioether (sulfide) groups is 2. The monoisotopic (exact) mass is 387 g/mol. The lowest BCUT2D eigenvalue weighted by molar-refractivity contribution is -0.134. The molecule has 1 saturated heterocycles. The number of ether oxygens (including phenoxy) is 2. The second-order valence-corrected chi connectivity index (χ2v) is 8.58. The van der Waals surface area contributed by atoms with E-state index in [1.54, 1.807) is 18.2 Å². The van der Waals surface area contributed by atoms with Crippen LogP contribution in [0.1, 0.15) is 10.1 Å². The van der Waals surface area contributed by atoms with E-state index in [1.807, 2.05) is 53.9 Å². The van der Waals surface area contributed by atoms with E-state index in [4.69, 9.17) is 9.47 Å². The lowest BCUT2D eigenvalue weighted by Crippen LogP contribution is -2.43. The van der Waals surface area contributed by atoms with Gasteiger partial charge in [0.05, 0.1) is 10.3 Å². The van der Waals surface area contributed by atoms with Crippen molar-refractivity contribution in [1.82, 2.24) is 0 Å². The third kappa shape index (κ3) is 3.68. The quantitative estimate of drug-likeness (QED) is 0.591. The van der Waals surface area contributed by atoms with E-state index >= 15 is 0 Å². The summed E-state index contributed by atoms with van der Waals surface area (Å²) in [7, 11) is 0. The van der Waals surface area contributed by atoms with Gasteiger partial charge < -0.3 is 9.47 Å². The zero-order valence-electron chi connectivity index (χ0n) is 13.9. The van der Waals surface area contributed by atoms with Gasteiger partial charge in [-0.1, -0.05) is 24.3 Å². The van der Waals surface area contributed by atoms with Crippen LogP contribution >= 0.6 is 23.5 Å². The van der Waals surface area contributed by atoms with Crippen molar-refractivity contribution in [2.45, 2.75) is 4.58 Å². The van der Waals surface area contributed by atoms with Crippen molar-refractivity contribution in [2.75, 3.05) is 29.6 Å². The lowest BCUT2D eigenvalue weighted by Gasteiger charge is -2.28. The molecule has 26 heavy (non-hydrogen) atoms. The first-order valence-electron chi connectivity index (χ1n) is 8.27. The van der Waals surface area contributed by atoms with Gasteiger partial charge in [0.2, 0.25) is 0 Å². The molecule has 1 amide bonds. The molecule has 2 aliphatic rings. The number of nitrogens with zero attached hydrogens (tertiary/aromatic N) is 1. The predicted molar refractivity (Wildman–Crippen MR) is 104 cm³/mol.